The van der Waals surface area contributed by atoms with Crippen molar-refractivity contribution in [3.05, 3.63) is 54.1 Å². The molecule has 21 heavy (non-hydrogen) atoms. The first-order valence-corrected chi connectivity index (χ1v) is 9.11. The molecule has 1 aliphatic rings. The highest BCUT2D eigenvalue weighted by Crippen LogP contribution is 2.50. The van der Waals surface area contributed by atoms with Gasteiger partial charge in [0.1, 0.15) is 0 Å². The van der Waals surface area contributed by atoms with Gasteiger partial charge in [-0.05, 0) is 57.2 Å². The first kappa shape index (κ1) is 15.0. The minimum atomic E-state index is 0.567. The van der Waals surface area contributed by atoms with Crippen LogP contribution in [0.2, 0.25) is 0 Å². The molecule has 3 rings (SSSR count). The van der Waals surface area contributed by atoms with Gasteiger partial charge in [-0.2, -0.15) is 0 Å². The molecule has 110 valence electrons. The second kappa shape index (κ2) is 6.91. The van der Waals surface area contributed by atoms with Crippen molar-refractivity contribution >= 4 is 23.5 Å². The van der Waals surface area contributed by atoms with Gasteiger partial charge in [0.2, 0.25) is 0 Å². The zero-order chi connectivity index (χ0) is 14.7. The van der Waals surface area contributed by atoms with Crippen LogP contribution in [0.1, 0.15) is 23.7 Å². The van der Waals surface area contributed by atoms with Crippen LogP contribution >= 0.6 is 23.5 Å². The Bertz CT molecular complexity index is 610. The molecule has 1 aliphatic heterocycles. The summed E-state index contributed by atoms with van der Waals surface area (Å²) in [7, 11) is 4.30. The van der Waals surface area contributed by atoms with Gasteiger partial charge in [-0.15, -0.1) is 11.8 Å². The van der Waals surface area contributed by atoms with Crippen molar-refractivity contribution < 1.29 is 0 Å². The van der Waals surface area contributed by atoms with Crippen molar-refractivity contribution in [3.63, 3.8) is 0 Å². The second-order valence-electron chi connectivity index (χ2n) is 5.64. The molecule has 0 N–H and O–H groups in total. The third-order valence-corrected chi connectivity index (χ3v) is 6.36. The maximum Gasteiger partial charge on any atom is 0.0356 e. The van der Waals surface area contributed by atoms with Crippen LogP contribution in [-0.2, 0) is 0 Å². The summed E-state index contributed by atoms with van der Waals surface area (Å²) in [4.78, 5) is 6.51. The number of hydrogen-bond donors (Lipinski definition) is 0. The molecule has 0 aromatic heterocycles. The number of hydrogen-bond acceptors (Lipinski definition) is 3. The van der Waals surface area contributed by atoms with Crippen LogP contribution in [0.3, 0.4) is 0 Å². The van der Waals surface area contributed by atoms with E-state index >= 15 is 0 Å². The van der Waals surface area contributed by atoms with Gasteiger partial charge >= 0.3 is 0 Å². The van der Waals surface area contributed by atoms with Gasteiger partial charge in [-0.1, -0.05) is 42.1 Å². The average Bonchev–Trinajstić information content (AvgIpc) is 2.63. The summed E-state index contributed by atoms with van der Waals surface area (Å²) in [5, 5.41) is 0.567. The highest BCUT2D eigenvalue weighted by molar-refractivity contribution is 8.03. The normalized spacial score (nSPS) is 17.2. The average molecular weight is 316 g/mol. The smallest absolute Gasteiger partial charge is 0.0356 e. The zero-order valence-corrected chi connectivity index (χ0v) is 14.2. The predicted octanol–water partition coefficient (Wildman–Crippen LogP) is 5.33. The van der Waals surface area contributed by atoms with E-state index in [1.54, 1.807) is 0 Å². The Labute approximate surface area is 136 Å². The van der Waals surface area contributed by atoms with Gasteiger partial charge in [-0.3, -0.25) is 0 Å². The molecule has 0 bridgehead atoms. The lowest BCUT2D eigenvalue weighted by Crippen LogP contribution is -2.13. The third kappa shape index (κ3) is 3.65. The fourth-order valence-corrected chi connectivity index (χ4v) is 5.25. The van der Waals surface area contributed by atoms with E-state index < -0.39 is 0 Å². The van der Waals surface area contributed by atoms with E-state index in [4.69, 9.17) is 0 Å². The maximum absolute atomic E-state index is 2.31. The Balaban J connectivity index is 1.88. The van der Waals surface area contributed by atoms with Crippen molar-refractivity contribution in [1.29, 1.82) is 0 Å². The van der Waals surface area contributed by atoms with Crippen molar-refractivity contribution in [2.24, 2.45) is 0 Å². The fourth-order valence-electron chi connectivity index (χ4n) is 2.61. The topological polar surface area (TPSA) is 3.24 Å². The number of benzene rings is 2. The largest absolute Gasteiger partial charge is 0.309 e. The Morgan fingerprint density at radius 1 is 0.905 bits per heavy atom. The molecule has 3 heteroatoms. The van der Waals surface area contributed by atoms with E-state index in [9.17, 15) is 0 Å². The first-order valence-electron chi connectivity index (χ1n) is 7.41. The van der Waals surface area contributed by atoms with Gasteiger partial charge < -0.3 is 4.90 Å². The van der Waals surface area contributed by atoms with E-state index in [1.807, 2.05) is 23.5 Å². The van der Waals surface area contributed by atoms with E-state index in [2.05, 4.69) is 67.5 Å². The number of thioether (sulfide) groups is 1. The van der Waals surface area contributed by atoms with Crippen LogP contribution in [-0.4, -0.2) is 25.5 Å². The Morgan fingerprint density at radius 3 is 2.33 bits per heavy atom. The Morgan fingerprint density at radius 2 is 1.57 bits per heavy atom. The molecule has 0 amide bonds. The van der Waals surface area contributed by atoms with E-state index in [1.165, 1.54) is 33.1 Å². The van der Waals surface area contributed by atoms with Crippen LogP contribution in [0.15, 0.2) is 63.2 Å². The Hall–Kier alpha value is -0.900. The summed E-state index contributed by atoms with van der Waals surface area (Å²) in [5.74, 6) is 0. The monoisotopic (exact) mass is 315 g/mol. The van der Waals surface area contributed by atoms with E-state index in [0.29, 0.717) is 5.25 Å². The molecule has 0 aliphatic carbocycles. The summed E-state index contributed by atoms with van der Waals surface area (Å²) >= 11 is 3.95. The van der Waals surface area contributed by atoms with Gasteiger partial charge in [0.05, 0.1) is 0 Å². The van der Waals surface area contributed by atoms with Gasteiger partial charge in [0.15, 0.2) is 0 Å². The molecule has 1 nitrogen and oxygen atoms in total. The first-order chi connectivity index (χ1) is 10.2. The van der Waals surface area contributed by atoms with Crippen LogP contribution in [0.5, 0.6) is 0 Å². The quantitative estimate of drug-likeness (QED) is 0.751. The molecule has 0 unspecified atom stereocenters. The summed E-state index contributed by atoms with van der Waals surface area (Å²) in [6, 6.07) is 17.7. The molecule has 0 radical (unpaired) electrons. The van der Waals surface area contributed by atoms with Gasteiger partial charge in [0, 0.05) is 19.9 Å². The molecular weight excluding hydrogens is 294 g/mol. The number of nitrogens with zero attached hydrogens (tertiary/aromatic N) is 1. The van der Waals surface area contributed by atoms with Crippen molar-refractivity contribution in [2.75, 3.05) is 20.6 Å². The van der Waals surface area contributed by atoms with Gasteiger partial charge in [0.25, 0.3) is 0 Å². The van der Waals surface area contributed by atoms with E-state index in [0.717, 1.165) is 6.54 Å². The molecule has 2 aromatic carbocycles. The van der Waals surface area contributed by atoms with Crippen molar-refractivity contribution in [3.8, 4) is 0 Å². The molecule has 0 saturated carbocycles. The van der Waals surface area contributed by atoms with Gasteiger partial charge in [-0.25, -0.2) is 0 Å². The SMILES string of the molecule is CN(C)CCC[C@H]1Sc2ccccc2Sc2ccccc21. The lowest BCUT2D eigenvalue weighted by molar-refractivity contribution is 0.393. The molecular formula is C18H21NS2. The summed E-state index contributed by atoms with van der Waals surface area (Å²) in [6.07, 6.45) is 2.47. The second-order valence-corrected chi connectivity index (χ2v) is 7.97. The van der Waals surface area contributed by atoms with Crippen LogP contribution in [0.25, 0.3) is 0 Å². The lowest BCUT2D eigenvalue weighted by atomic mass is 10.1. The minimum absolute atomic E-state index is 0.567. The highest BCUT2D eigenvalue weighted by Gasteiger charge is 2.22. The molecule has 0 spiro atoms. The summed E-state index contributed by atoms with van der Waals surface area (Å²) in [6.45, 7) is 1.16. The summed E-state index contributed by atoms with van der Waals surface area (Å²) < 4.78 is 0. The number of rotatable bonds is 4. The van der Waals surface area contributed by atoms with Crippen molar-refractivity contribution in [1.82, 2.24) is 4.90 Å². The van der Waals surface area contributed by atoms with Crippen LogP contribution < -0.4 is 0 Å². The van der Waals surface area contributed by atoms with Crippen molar-refractivity contribution in [2.45, 2.75) is 32.8 Å². The highest BCUT2D eigenvalue weighted by atomic mass is 32.2. The molecule has 1 atom stereocenters. The zero-order valence-electron chi connectivity index (χ0n) is 12.6. The lowest BCUT2D eigenvalue weighted by Gasteiger charge is -2.18. The third-order valence-electron chi connectivity index (χ3n) is 3.68. The van der Waals surface area contributed by atoms with E-state index in [-0.39, 0.29) is 0 Å². The molecule has 0 saturated heterocycles. The van der Waals surface area contributed by atoms with Crippen LogP contribution in [0, 0.1) is 0 Å². The molecule has 1 heterocycles. The Kier molecular flexibility index (Phi) is 4.94. The number of fused-ring (bicyclic) bond motifs is 2. The standard InChI is InChI=1S/C18H21NS2/c1-19(2)13-7-12-16-14-8-3-4-9-15(14)20-17-10-5-6-11-18(17)21-16/h3-6,8-11,16H,7,12-13H2,1-2H3/t16-/m1/s1. The molecule has 2 aromatic rings. The summed E-state index contributed by atoms with van der Waals surface area (Å²) in [5.41, 5.74) is 1.50. The molecule has 0 fully saturated rings. The predicted molar refractivity (Wildman–Crippen MR) is 93.4 cm³/mol. The van der Waals surface area contributed by atoms with Crippen LogP contribution in [0.4, 0.5) is 0 Å². The fraction of sp³-hybridized carbons (Fsp3) is 0.333. The minimum Gasteiger partial charge on any atom is -0.309 e. The maximum atomic E-state index is 2.31.